The van der Waals surface area contributed by atoms with Crippen molar-refractivity contribution >= 4 is 18.5 Å². The second-order valence-corrected chi connectivity index (χ2v) is 9.21. The topological polar surface area (TPSA) is 9.23 Å². The molecule has 0 N–H and O–H groups in total. The third kappa shape index (κ3) is 6.48. The average Bonchev–Trinajstić information content (AvgIpc) is 3.57. The molecule has 0 atom stereocenters. The number of rotatable bonds is 5. The molecule has 0 saturated heterocycles. The van der Waals surface area contributed by atoms with E-state index < -0.39 is 7.92 Å². The first-order valence-corrected chi connectivity index (χ1v) is 11.7. The van der Waals surface area contributed by atoms with Crippen LogP contribution in [0.3, 0.4) is 0 Å². The summed E-state index contributed by atoms with van der Waals surface area (Å²) in [6, 6.07) is 30.0. The van der Waals surface area contributed by atoms with E-state index in [0.717, 1.165) is 5.75 Å². The minimum absolute atomic E-state index is 0. The largest absolute Gasteiger partial charge is 2.00 e. The normalized spacial score (nSPS) is 16.3. The van der Waals surface area contributed by atoms with Crippen molar-refractivity contribution in [3.63, 3.8) is 0 Å². The minimum Gasteiger partial charge on any atom is -0.497 e. The Morgan fingerprint density at radius 3 is 1.53 bits per heavy atom. The van der Waals surface area contributed by atoms with Crippen LogP contribution in [0, 0.1) is 62.9 Å². The van der Waals surface area contributed by atoms with E-state index in [1.165, 1.54) is 27.7 Å². The number of hydrogen-bond acceptors (Lipinski definition) is 1. The van der Waals surface area contributed by atoms with Crippen LogP contribution in [-0.4, -0.2) is 7.11 Å². The van der Waals surface area contributed by atoms with Crippen LogP contribution in [0.15, 0.2) is 84.9 Å². The Balaban J connectivity index is 0.000000427. The van der Waals surface area contributed by atoms with Gasteiger partial charge in [-0.05, 0) is 87.6 Å². The van der Waals surface area contributed by atoms with Crippen LogP contribution < -0.4 is 15.3 Å². The number of hydrogen-bond donors (Lipinski definition) is 0. The van der Waals surface area contributed by atoms with E-state index in [1.54, 1.807) is 7.11 Å². The summed E-state index contributed by atoms with van der Waals surface area (Å²) in [5.74, 6) is 2.18. The number of methoxy groups -OCH3 is 1. The predicted octanol–water partition coefficient (Wildman–Crippen LogP) is 5.93. The minimum atomic E-state index is -0.596. The van der Waals surface area contributed by atoms with Gasteiger partial charge in [0.25, 0.3) is 0 Å². The van der Waals surface area contributed by atoms with Gasteiger partial charge in [0.15, 0.2) is 0 Å². The first kappa shape index (κ1) is 25.0. The second-order valence-electron chi connectivity index (χ2n) is 7.02. The summed E-state index contributed by atoms with van der Waals surface area (Å²) in [7, 11) is 1.11. The summed E-state index contributed by atoms with van der Waals surface area (Å²) in [5, 5.41) is 2.74. The molecule has 0 aliphatic heterocycles. The smallest absolute Gasteiger partial charge is 0.497 e. The third-order valence-electron chi connectivity index (χ3n) is 5.02. The molecule has 3 aromatic rings. The Hall–Kier alpha value is -1.59. The zero-order chi connectivity index (χ0) is 21.3. The molecule has 32 heavy (non-hydrogen) atoms. The van der Waals surface area contributed by atoms with E-state index in [4.69, 9.17) is 4.74 Å². The van der Waals surface area contributed by atoms with Crippen LogP contribution in [0.25, 0.3) is 0 Å². The van der Waals surface area contributed by atoms with E-state index in [0.29, 0.717) is 0 Å². The maximum atomic E-state index is 5.31. The van der Waals surface area contributed by atoms with Crippen LogP contribution in [0.2, 0.25) is 0 Å². The molecule has 1 nitrogen and oxygen atoms in total. The molecule has 158 valence electrons. The van der Waals surface area contributed by atoms with Crippen molar-refractivity contribution < 1.29 is 21.8 Å². The predicted molar refractivity (Wildman–Crippen MR) is 132 cm³/mol. The fourth-order valence-electron chi connectivity index (χ4n) is 3.52. The molecule has 0 amide bonds. The maximum Gasteiger partial charge on any atom is 2.00 e. The fourth-order valence-corrected chi connectivity index (χ4v) is 6.00. The van der Waals surface area contributed by atoms with Gasteiger partial charge < -0.3 is 4.74 Å². The average molecular weight is 476 g/mol. The third-order valence-corrected chi connectivity index (χ3v) is 7.52. The fraction of sp³-hybridized carbons (Fsp3) is 0.0345. The van der Waals surface area contributed by atoms with Crippen LogP contribution in [0.1, 0.15) is 5.56 Å². The SMILES string of the molecule is COc1ccc([C]2[CH][CH][CH][C]2P(c2ccccc2)c2ccccc2)cc1.[CH]1[CH][CH][CH][CH]1.[Fe+2]. The van der Waals surface area contributed by atoms with E-state index >= 15 is 0 Å². The van der Waals surface area contributed by atoms with Crippen LogP contribution in [0.4, 0.5) is 0 Å². The van der Waals surface area contributed by atoms with Gasteiger partial charge in [0.05, 0.1) is 7.11 Å². The summed E-state index contributed by atoms with van der Waals surface area (Å²) < 4.78 is 5.31. The Bertz CT molecular complexity index is 846. The van der Waals surface area contributed by atoms with Gasteiger partial charge >= 0.3 is 17.1 Å². The van der Waals surface area contributed by atoms with E-state index in [1.807, 2.05) is 44.2 Å². The molecule has 3 heteroatoms. The van der Waals surface area contributed by atoms with E-state index in [-0.39, 0.29) is 17.1 Å². The summed E-state index contributed by atoms with van der Waals surface area (Å²) in [6.07, 6.45) is 16.7. The molecule has 3 aromatic carbocycles. The first-order valence-electron chi connectivity index (χ1n) is 10.3. The molecule has 5 rings (SSSR count). The van der Waals surface area contributed by atoms with Crippen molar-refractivity contribution in [2.24, 2.45) is 0 Å². The standard InChI is InChI=1S/C24H20OP.C5H5.Fe/c1-25-20-17-15-19(16-18-20)23-13-8-14-24(23)26(21-9-4-2-5-10-21)22-11-6-3-7-12-22;1-2-4-5-3-1;/h2-18H,1H3;1-5H;/q;;+2. The monoisotopic (exact) mass is 476 g/mol. The van der Waals surface area contributed by atoms with Crippen molar-refractivity contribution in [2.45, 2.75) is 0 Å². The Labute approximate surface area is 206 Å². The molecule has 2 aliphatic carbocycles. The van der Waals surface area contributed by atoms with Crippen LogP contribution in [-0.2, 0) is 17.1 Å². The zero-order valence-electron chi connectivity index (χ0n) is 17.9. The van der Waals surface area contributed by atoms with Crippen molar-refractivity contribution in [1.82, 2.24) is 0 Å². The molecule has 0 aromatic heterocycles. The molecule has 0 heterocycles. The van der Waals surface area contributed by atoms with Crippen LogP contribution >= 0.6 is 7.92 Å². The van der Waals surface area contributed by atoms with Crippen molar-refractivity contribution in [3.05, 3.63) is 153 Å². The van der Waals surface area contributed by atoms with Crippen molar-refractivity contribution in [2.75, 3.05) is 7.11 Å². The van der Waals surface area contributed by atoms with Gasteiger partial charge in [-0.25, -0.2) is 0 Å². The molecular weight excluding hydrogens is 451 g/mol. The molecule has 0 spiro atoms. The summed E-state index contributed by atoms with van der Waals surface area (Å²) >= 11 is 0. The maximum absolute atomic E-state index is 5.31. The van der Waals surface area contributed by atoms with Gasteiger partial charge in [-0.15, -0.1) is 0 Å². The number of ether oxygens (including phenoxy) is 1. The zero-order valence-corrected chi connectivity index (χ0v) is 19.9. The molecule has 2 aliphatic rings. The van der Waals surface area contributed by atoms with Crippen molar-refractivity contribution in [3.8, 4) is 5.75 Å². The number of benzene rings is 3. The van der Waals surface area contributed by atoms with Crippen molar-refractivity contribution in [1.29, 1.82) is 0 Å². The van der Waals surface area contributed by atoms with Gasteiger partial charge in [-0.3, -0.25) is 0 Å². The summed E-state index contributed by atoms with van der Waals surface area (Å²) in [4.78, 5) is 0. The first-order chi connectivity index (χ1) is 15.4. The Morgan fingerprint density at radius 1 is 0.562 bits per heavy atom. The second kappa shape index (κ2) is 13.2. The quantitative estimate of drug-likeness (QED) is 0.328. The summed E-state index contributed by atoms with van der Waals surface area (Å²) in [6.45, 7) is 0. The van der Waals surface area contributed by atoms with Gasteiger partial charge in [0, 0.05) is 11.6 Å². The van der Waals surface area contributed by atoms with Gasteiger partial charge in [-0.1, -0.05) is 72.8 Å². The van der Waals surface area contributed by atoms with E-state index in [2.05, 4.69) is 92.1 Å². The molecule has 2 fully saturated rings. The molecule has 10 radical (unpaired) electrons. The van der Waals surface area contributed by atoms with E-state index in [9.17, 15) is 0 Å². The molecular formula is C29H25FeOP+2. The Kier molecular flexibility index (Phi) is 10.3. The summed E-state index contributed by atoms with van der Waals surface area (Å²) in [5.41, 5.74) is 2.62. The van der Waals surface area contributed by atoms with Gasteiger partial charge in [-0.2, -0.15) is 0 Å². The van der Waals surface area contributed by atoms with Gasteiger partial charge in [0.2, 0.25) is 0 Å². The molecule has 0 unspecified atom stereocenters. The van der Waals surface area contributed by atoms with Crippen LogP contribution in [0.5, 0.6) is 5.75 Å². The Morgan fingerprint density at radius 2 is 1.06 bits per heavy atom. The molecule has 0 bridgehead atoms. The molecule has 2 saturated carbocycles. The van der Waals surface area contributed by atoms with Gasteiger partial charge in [0.1, 0.15) is 5.75 Å².